The Kier molecular flexibility index (Phi) is 7.78. The molecule has 4 rings (SSSR count). The van der Waals surface area contributed by atoms with Gasteiger partial charge in [0.25, 0.3) is 11.8 Å². The average Bonchev–Trinajstić information content (AvgIpc) is 2.88. The predicted molar refractivity (Wildman–Crippen MR) is 139 cm³/mol. The van der Waals surface area contributed by atoms with Gasteiger partial charge in [-0.1, -0.05) is 62.4 Å². The number of nitrogens with zero attached hydrogens (tertiary/aromatic N) is 1. The molecule has 1 aliphatic heterocycles. The van der Waals surface area contributed by atoms with Crippen molar-refractivity contribution in [3.8, 4) is 0 Å². The van der Waals surface area contributed by atoms with E-state index in [1.165, 1.54) is 4.90 Å². The minimum Gasteiger partial charge on any atom is -0.344 e. The Bertz CT molecular complexity index is 1270. The maximum Gasteiger partial charge on any atom is 0.254 e. The molecule has 36 heavy (non-hydrogen) atoms. The second-order valence-electron chi connectivity index (χ2n) is 9.63. The van der Waals surface area contributed by atoms with Gasteiger partial charge in [0.15, 0.2) is 5.78 Å². The van der Waals surface area contributed by atoms with Crippen molar-refractivity contribution in [2.24, 2.45) is 5.92 Å². The molecule has 1 aliphatic rings. The topological polar surface area (TPSA) is 95.6 Å². The van der Waals surface area contributed by atoms with Crippen LogP contribution in [0.4, 0.5) is 0 Å². The number of carbonyl (C=O) groups excluding carboxylic acids is 4. The van der Waals surface area contributed by atoms with Crippen LogP contribution in [-0.2, 0) is 9.59 Å². The van der Waals surface area contributed by atoms with Gasteiger partial charge in [-0.25, -0.2) is 0 Å². The number of ketones is 1. The van der Waals surface area contributed by atoms with Gasteiger partial charge >= 0.3 is 0 Å². The molecule has 3 amide bonds. The van der Waals surface area contributed by atoms with Crippen LogP contribution in [0.15, 0.2) is 72.8 Å². The van der Waals surface area contributed by atoms with Crippen LogP contribution < -0.4 is 10.6 Å². The fraction of sp³-hybridized carbons (Fsp3) is 0.310. The first-order chi connectivity index (χ1) is 17.3. The fourth-order valence-electron chi connectivity index (χ4n) is 4.46. The zero-order chi connectivity index (χ0) is 25.7. The first-order valence-electron chi connectivity index (χ1n) is 12.3. The summed E-state index contributed by atoms with van der Waals surface area (Å²) in [7, 11) is 0. The Morgan fingerprint density at radius 3 is 2.31 bits per heavy atom. The molecule has 2 N–H and O–H groups in total. The molecule has 1 saturated heterocycles. The average molecular weight is 486 g/mol. The van der Waals surface area contributed by atoms with Crippen molar-refractivity contribution in [2.75, 3.05) is 13.1 Å². The molecule has 0 radical (unpaired) electrons. The summed E-state index contributed by atoms with van der Waals surface area (Å²) in [5, 5.41) is 7.64. The highest BCUT2D eigenvalue weighted by Gasteiger charge is 2.33. The van der Waals surface area contributed by atoms with Gasteiger partial charge in [-0.2, -0.15) is 0 Å². The van der Waals surface area contributed by atoms with Crippen molar-refractivity contribution in [1.29, 1.82) is 0 Å². The smallest absolute Gasteiger partial charge is 0.254 e. The van der Waals surface area contributed by atoms with Crippen LogP contribution in [0.2, 0.25) is 0 Å². The van der Waals surface area contributed by atoms with Crippen LogP contribution >= 0.6 is 0 Å². The SMILES string of the molecule is CC(C)C[C@H](NC(=O)c1ccc2ccccc2c1)C(=O)NC1CCN(C(=O)c2ccccc2)CC1=O. The first-order valence-corrected chi connectivity index (χ1v) is 12.3. The van der Waals surface area contributed by atoms with Crippen LogP contribution in [0.1, 0.15) is 47.4 Å². The van der Waals surface area contributed by atoms with Crippen LogP contribution in [0.5, 0.6) is 0 Å². The number of nitrogens with one attached hydrogen (secondary N) is 2. The Morgan fingerprint density at radius 1 is 0.917 bits per heavy atom. The summed E-state index contributed by atoms with van der Waals surface area (Å²) < 4.78 is 0. The number of benzene rings is 3. The van der Waals surface area contributed by atoms with Crippen molar-refractivity contribution >= 4 is 34.3 Å². The highest BCUT2D eigenvalue weighted by Crippen LogP contribution is 2.17. The van der Waals surface area contributed by atoms with E-state index in [1.807, 2.05) is 50.2 Å². The van der Waals surface area contributed by atoms with Crippen LogP contribution in [0, 0.1) is 5.92 Å². The number of hydrogen-bond donors (Lipinski definition) is 2. The second kappa shape index (κ2) is 11.2. The van der Waals surface area contributed by atoms with Gasteiger partial charge in [0, 0.05) is 17.7 Å². The summed E-state index contributed by atoms with van der Waals surface area (Å²) in [5.74, 6) is -0.994. The summed E-state index contributed by atoms with van der Waals surface area (Å²) in [6.07, 6.45) is 0.765. The van der Waals surface area contributed by atoms with Gasteiger partial charge in [-0.3, -0.25) is 19.2 Å². The maximum absolute atomic E-state index is 13.1. The van der Waals surface area contributed by atoms with Crippen LogP contribution in [0.25, 0.3) is 10.8 Å². The summed E-state index contributed by atoms with van der Waals surface area (Å²) >= 11 is 0. The summed E-state index contributed by atoms with van der Waals surface area (Å²) in [4.78, 5) is 53.1. The zero-order valence-electron chi connectivity index (χ0n) is 20.6. The Morgan fingerprint density at radius 2 is 1.61 bits per heavy atom. The molecule has 186 valence electrons. The summed E-state index contributed by atoms with van der Waals surface area (Å²) in [6, 6.07) is 20.5. The number of piperidine rings is 1. The van der Waals surface area contributed by atoms with E-state index in [4.69, 9.17) is 0 Å². The van der Waals surface area contributed by atoms with E-state index < -0.39 is 12.1 Å². The molecule has 0 bridgehead atoms. The zero-order valence-corrected chi connectivity index (χ0v) is 20.6. The molecule has 7 nitrogen and oxygen atoms in total. The monoisotopic (exact) mass is 485 g/mol. The van der Waals surface area contributed by atoms with Gasteiger partial charge in [0.1, 0.15) is 6.04 Å². The van der Waals surface area contributed by atoms with E-state index in [1.54, 1.807) is 36.4 Å². The number of fused-ring (bicyclic) bond motifs is 1. The van der Waals surface area contributed by atoms with Crippen molar-refractivity contribution < 1.29 is 19.2 Å². The molecule has 1 fully saturated rings. The third kappa shape index (κ3) is 5.97. The number of amides is 3. The van der Waals surface area contributed by atoms with E-state index >= 15 is 0 Å². The number of likely N-dealkylation sites (tertiary alicyclic amines) is 1. The molecule has 2 atom stereocenters. The van der Waals surface area contributed by atoms with Gasteiger partial charge in [0.2, 0.25) is 5.91 Å². The quantitative estimate of drug-likeness (QED) is 0.535. The number of hydrogen-bond acceptors (Lipinski definition) is 4. The lowest BCUT2D eigenvalue weighted by molar-refractivity contribution is -0.130. The third-order valence-corrected chi connectivity index (χ3v) is 6.39. The van der Waals surface area contributed by atoms with E-state index in [9.17, 15) is 19.2 Å². The highest BCUT2D eigenvalue weighted by atomic mass is 16.2. The molecule has 0 saturated carbocycles. The minimum absolute atomic E-state index is 0.0586. The van der Waals surface area contributed by atoms with Crippen LogP contribution in [0.3, 0.4) is 0 Å². The molecule has 1 heterocycles. The maximum atomic E-state index is 13.1. The molecule has 3 aromatic rings. The van der Waals surface area contributed by atoms with E-state index in [2.05, 4.69) is 10.6 Å². The van der Waals surface area contributed by atoms with E-state index in [-0.39, 0.29) is 36.0 Å². The first kappa shape index (κ1) is 25.1. The Balaban J connectivity index is 1.39. The van der Waals surface area contributed by atoms with Crippen molar-refractivity contribution in [3.63, 3.8) is 0 Å². The molecule has 3 aromatic carbocycles. The van der Waals surface area contributed by atoms with Crippen molar-refractivity contribution in [1.82, 2.24) is 15.5 Å². The van der Waals surface area contributed by atoms with E-state index in [0.29, 0.717) is 30.5 Å². The number of Topliss-reactive ketones (excluding diaryl/α,β-unsaturated/α-hetero) is 1. The predicted octanol–water partition coefficient (Wildman–Crippen LogP) is 3.58. The Hall–Kier alpha value is -4.00. The lowest BCUT2D eigenvalue weighted by atomic mass is 9.99. The summed E-state index contributed by atoms with van der Waals surface area (Å²) in [6.45, 7) is 4.25. The highest BCUT2D eigenvalue weighted by molar-refractivity contribution is 6.02. The summed E-state index contributed by atoms with van der Waals surface area (Å²) in [5.41, 5.74) is 1.00. The minimum atomic E-state index is -0.777. The number of rotatable bonds is 7. The van der Waals surface area contributed by atoms with Crippen LogP contribution in [-0.4, -0.2) is 53.6 Å². The molecule has 0 aliphatic carbocycles. The van der Waals surface area contributed by atoms with E-state index in [0.717, 1.165) is 10.8 Å². The molecule has 1 unspecified atom stereocenters. The number of carbonyl (C=O) groups is 4. The van der Waals surface area contributed by atoms with Crippen molar-refractivity contribution in [2.45, 2.75) is 38.8 Å². The Labute approximate surface area is 210 Å². The second-order valence-corrected chi connectivity index (χ2v) is 9.63. The molecular weight excluding hydrogens is 454 g/mol. The fourth-order valence-corrected chi connectivity index (χ4v) is 4.46. The van der Waals surface area contributed by atoms with Gasteiger partial charge in [0.05, 0.1) is 12.6 Å². The lowest BCUT2D eigenvalue weighted by Gasteiger charge is -2.32. The van der Waals surface area contributed by atoms with Gasteiger partial charge in [-0.05, 0) is 53.8 Å². The molecule has 0 spiro atoms. The molecule has 0 aromatic heterocycles. The van der Waals surface area contributed by atoms with Crippen molar-refractivity contribution in [3.05, 3.63) is 83.9 Å². The lowest BCUT2D eigenvalue weighted by Crippen LogP contribution is -2.56. The third-order valence-electron chi connectivity index (χ3n) is 6.39. The largest absolute Gasteiger partial charge is 0.344 e. The van der Waals surface area contributed by atoms with Gasteiger partial charge < -0.3 is 15.5 Å². The molecule has 7 heteroatoms. The molecular formula is C29H31N3O4. The van der Waals surface area contributed by atoms with Gasteiger partial charge in [-0.15, -0.1) is 0 Å². The normalized spacial score (nSPS) is 16.6. The standard InChI is InChI=1S/C29H31N3O4/c1-19(2)16-25(31-27(34)23-13-12-20-8-6-7-11-22(20)17-23)28(35)30-24-14-15-32(18-26(24)33)29(36)21-9-4-3-5-10-21/h3-13,17,19,24-25H,14-16,18H2,1-2H3,(H,30,35)(H,31,34)/t24?,25-/m0/s1.